The van der Waals surface area contributed by atoms with E-state index in [2.05, 4.69) is 126 Å². The lowest BCUT2D eigenvalue weighted by atomic mass is 9.92. The molecule has 0 saturated heterocycles. The van der Waals surface area contributed by atoms with Crippen molar-refractivity contribution in [2.24, 2.45) is 9.98 Å². The van der Waals surface area contributed by atoms with E-state index in [1.54, 1.807) is 6.20 Å². The van der Waals surface area contributed by atoms with E-state index in [0.29, 0.717) is 6.54 Å². The molecule has 0 amide bonds. The Morgan fingerprint density at radius 1 is 0.659 bits per heavy atom. The Hall–Kier alpha value is -5.41. The molecule has 0 bridgehead atoms. The Morgan fingerprint density at radius 2 is 1.41 bits per heavy atom. The van der Waals surface area contributed by atoms with Crippen LogP contribution in [-0.2, 0) is 6.54 Å². The van der Waals surface area contributed by atoms with Crippen LogP contribution in [0.2, 0.25) is 0 Å². The summed E-state index contributed by atoms with van der Waals surface area (Å²) in [5.74, 6) is 0. The van der Waals surface area contributed by atoms with Gasteiger partial charge < -0.3 is 0 Å². The molecular formula is C38H29N3. The van der Waals surface area contributed by atoms with E-state index >= 15 is 0 Å². The highest BCUT2D eigenvalue weighted by molar-refractivity contribution is 6.32. The van der Waals surface area contributed by atoms with Gasteiger partial charge in [0, 0.05) is 35.3 Å². The molecule has 0 aliphatic heterocycles. The summed E-state index contributed by atoms with van der Waals surface area (Å²) in [7, 11) is 0. The summed E-state index contributed by atoms with van der Waals surface area (Å²) in [6.45, 7) is 4.35. The number of hydrogen-bond acceptors (Lipinski definition) is 3. The summed E-state index contributed by atoms with van der Waals surface area (Å²) in [5.41, 5.74) is 9.49. The molecule has 0 aliphatic rings. The molecule has 0 radical (unpaired) electrons. The molecule has 1 heterocycles. The molecule has 0 spiro atoms. The van der Waals surface area contributed by atoms with Gasteiger partial charge >= 0.3 is 0 Å². The van der Waals surface area contributed by atoms with Crippen molar-refractivity contribution in [1.82, 2.24) is 4.98 Å². The van der Waals surface area contributed by atoms with Gasteiger partial charge in [-0.2, -0.15) is 0 Å². The highest BCUT2D eigenvalue weighted by Gasteiger charge is 2.15. The van der Waals surface area contributed by atoms with Crippen molar-refractivity contribution in [2.75, 3.05) is 0 Å². The first-order valence-electron chi connectivity index (χ1n) is 13.6. The van der Waals surface area contributed by atoms with Gasteiger partial charge in [0.15, 0.2) is 0 Å². The highest BCUT2D eigenvalue weighted by atomic mass is 14.7. The van der Waals surface area contributed by atoms with Gasteiger partial charge in [0.1, 0.15) is 0 Å². The molecule has 196 valence electrons. The quantitative estimate of drug-likeness (QED) is 0.182. The van der Waals surface area contributed by atoms with Gasteiger partial charge in [0.05, 0.1) is 12.3 Å². The van der Waals surface area contributed by atoms with Crippen molar-refractivity contribution in [1.29, 1.82) is 0 Å². The van der Waals surface area contributed by atoms with Gasteiger partial charge in [-0.15, -0.1) is 0 Å². The van der Waals surface area contributed by atoms with Crippen LogP contribution in [0.3, 0.4) is 0 Å². The average Bonchev–Trinajstić information content (AvgIpc) is 3.05. The normalized spacial score (nSPS) is 11.9. The van der Waals surface area contributed by atoms with E-state index in [4.69, 9.17) is 4.99 Å². The van der Waals surface area contributed by atoms with Crippen LogP contribution in [0.1, 0.15) is 16.7 Å². The topological polar surface area (TPSA) is 37.6 Å². The second-order valence-electron chi connectivity index (χ2n) is 9.80. The number of hydrogen-bond donors (Lipinski definition) is 0. The predicted molar refractivity (Wildman–Crippen MR) is 173 cm³/mol. The molecule has 6 rings (SSSR count). The third-order valence-electron chi connectivity index (χ3n) is 7.17. The summed E-state index contributed by atoms with van der Waals surface area (Å²) in [6.07, 6.45) is 5.48. The molecule has 0 unspecified atom stereocenters. The maximum atomic E-state index is 5.16. The molecule has 0 atom stereocenters. The van der Waals surface area contributed by atoms with Crippen LogP contribution in [-0.4, -0.2) is 17.4 Å². The number of pyridine rings is 1. The van der Waals surface area contributed by atoms with Gasteiger partial charge in [-0.25, -0.2) is 0 Å². The van der Waals surface area contributed by atoms with Gasteiger partial charge in [-0.1, -0.05) is 121 Å². The number of allylic oxidation sites excluding steroid dienone is 1. The van der Waals surface area contributed by atoms with Crippen LogP contribution >= 0.6 is 0 Å². The summed E-state index contributed by atoms with van der Waals surface area (Å²) in [4.78, 5) is 13.7. The van der Waals surface area contributed by atoms with Crippen molar-refractivity contribution in [3.05, 3.63) is 169 Å². The van der Waals surface area contributed by atoms with Crippen molar-refractivity contribution in [2.45, 2.75) is 6.54 Å². The second-order valence-corrected chi connectivity index (χ2v) is 9.80. The van der Waals surface area contributed by atoms with Crippen molar-refractivity contribution in [3.63, 3.8) is 0 Å². The molecule has 0 saturated carbocycles. The SMILES string of the molecule is C=N/C=C(\C(=N/Cc1ccccc1)c1ccc(-c2cccc3ccccc23)cc1)c1cccc(-c2cccnc2)c1. The van der Waals surface area contributed by atoms with Crippen LogP contribution < -0.4 is 0 Å². The lowest BCUT2D eigenvalue weighted by Crippen LogP contribution is -2.06. The minimum absolute atomic E-state index is 0.554. The van der Waals surface area contributed by atoms with Crippen LogP contribution in [0.5, 0.6) is 0 Å². The Balaban J connectivity index is 1.44. The molecular weight excluding hydrogens is 498 g/mol. The molecule has 0 fully saturated rings. The van der Waals surface area contributed by atoms with Gasteiger partial charge in [0.25, 0.3) is 0 Å². The monoisotopic (exact) mass is 527 g/mol. The zero-order chi connectivity index (χ0) is 27.9. The number of fused-ring (bicyclic) bond motifs is 1. The number of aromatic nitrogens is 1. The lowest BCUT2D eigenvalue weighted by molar-refractivity contribution is 1.07. The number of rotatable bonds is 8. The van der Waals surface area contributed by atoms with Crippen LogP contribution in [0, 0.1) is 0 Å². The van der Waals surface area contributed by atoms with Gasteiger partial charge in [0.2, 0.25) is 0 Å². The third-order valence-corrected chi connectivity index (χ3v) is 7.17. The molecule has 3 heteroatoms. The maximum Gasteiger partial charge on any atom is 0.0744 e. The molecule has 0 N–H and O–H groups in total. The summed E-state index contributed by atoms with van der Waals surface area (Å²) >= 11 is 0. The first-order valence-corrected chi connectivity index (χ1v) is 13.6. The van der Waals surface area contributed by atoms with E-state index in [0.717, 1.165) is 39.1 Å². The van der Waals surface area contributed by atoms with Crippen molar-refractivity contribution < 1.29 is 0 Å². The van der Waals surface area contributed by atoms with Crippen molar-refractivity contribution >= 4 is 28.8 Å². The van der Waals surface area contributed by atoms with E-state index in [-0.39, 0.29) is 0 Å². The molecule has 6 aromatic rings. The minimum Gasteiger partial charge on any atom is -0.279 e. The van der Waals surface area contributed by atoms with Gasteiger partial charge in [-0.3, -0.25) is 15.0 Å². The molecule has 5 aromatic carbocycles. The average molecular weight is 528 g/mol. The lowest BCUT2D eigenvalue weighted by Gasteiger charge is -2.15. The standard InChI is InChI=1S/C38H29N3/c1-39-27-37(33-15-7-14-32(24-33)34-16-9-23-40-26-34)38(41-25-28-10-3-2-4-11-28)31-21-19-30(20-22-31)36-18-8-13-29-12-5-6-17-35(29)36/h2-24,26-27H,1,25H2/b37-27-,41-38-. The van der Waals surface area contributed by atoms with Crippen LogP contribution in [0.15, 0.2) is 162 Å². The van der Waals surface area contributed by atoms with Crippen molar-refractivity contribution in [3.8, 4) is 22.3 Å². The fourth-order valence-corrected chi connectivity index (χ4v) is 5.13. The van der Waals surface area contributed by atoms with Gasteiger partial charge in [-0.05, 0) is 57.4 Å². The van der Waals surface area contributed by atoms with Crippen LogP contribution in [0.25, 0.3) is 38.6 Å². The Labute approximate surface area is 240 Å². The Kier molecular flexibility index (Phi) is 7.68. The summed E-state index contributed by atoms with van der Waals surface area (Å²) < 4.78 is 0. The van der Waals surface area contributed by atoms with E-state index in [1.165, 1.54) is 21.9 Å². The molecule has 41 heavy (non-hydrogen) atoms. The highest BCUT2D eigenvalue weighted by Crippen LogP contribution is 2.31. The van der Waals surface area contributed by atoms with E-state index < -0.39 is 0 Å². The fourth-order valence-electron chi connectivity index (χ4n) is 5.13. The Morgan fingerprint density at radius 3 is 2.22 bits per heavy atom. The Bertz CT molecular complexity index is 1850. The smallest absolute Gasteiger partial charge is 0.0744 e. The predicted octanol–water partition coefficient (Wildman–Crippen LogP) is 9.30. The fraction of sp³-hybridized carbons (Fsp3) is 0.0263. The van der Waals surface area contributed by atoms with Crippen LogP contribution in [0.4, 0.5) is 0 Å². The number of benzene rings is 5. The van der Waals surface area contributed by atoms with E-state index in [1.807, 2.05) is 36.7 Å². The molecule has 3 nitrogen and oxygen atoms in total. The number of nitrogens with zero attached hydrogens (tertiary/aromatic N) is 3. The zero-order valence-electron chi connectivity index (χ0n) is 22.7. The number of aliphatic imine (C=N–C) groups is 2. The summed E-state index contributed by atoms with van der Waals surface area (Å²) in [5, 5.41) is 2.47. The molecule has 0 aliphatic carbocycles. The minimum atomic E-state index is 0.554. The third kappa shape index (κ3) is 5.80. The molecule has 1 aromatic heterocycles. The zero-order valence-corrected chi connectivity index (χ0v) is 22.7. The largest absolute Gasteiger partial charge is 0.279 e. The first kappa shape index (κ1) is 25.8. The maximum absolute atomic E-state index is 5.16. The first-order chi connectivity index (χ1) is 20.3. The van der Waals surface area contributed by atoms with E-state index in [9.17, 15) is 0 Å². The second kappa shape index (κ2) is 12.2. The summed E-state index contributed by atoms with van der Waals surface area (Å²) in [6, 6.07) is 46.4.